The SMILES string of the molecule is O=C(CSC1=NCCS1)Nc1cc(C(F)(F)F)ccc1N1CCCCC1. The van der Waals surface area contributed by atoms with E-state index in [0.29, 0.717) is 5.69 Å². The Hall–Kier alpha value is -1.35. The van der Waals surface area contributed by atoms with E-state index in [-0.39, 0.29) is 17.3 Å². The molecule has 4 nitrogen and oxygen atoms in total. The van der Waals surface area contributed by atoms with Gasteiger partial charge in [-0.25, -0.2) is 0 Å². The van der Waals surface area contributed by atoms with E-state index in [1.165, 1.54) is 17.8 Å². The molecule has 1 N–H and O–H groups in total. The number of benzene rings is 1. The molecule has 1 aromatic rings. The zero-order valence-electron chi connectivity index (χ0n) is 14.1. The summed E-state index contributed by atoms with van der Waals surface area (Å²) in [6, 6.07) is 3.58. The number of aliphatic imine (C=N–C) groups is 1. The van der Waals surface area contributed by atoms with Crippen molar-refractivity contribution in [3.63, 3.8) is 0 Å². The molecule has 0 bridgehead atoms. The molecule has 1 aromatic carbocycles. The maximum atomic E-state index is 13.1. The lowest BCUT2D eigenvalue weighted by atomic mass is 10.1. The van der Waals surface area contributed by atoms with Crippen LogP contribution in [0, 0.1) is 0 Å². The number of nitrogens with zero attached hydrogens (tertiary/aromatic N) is 2. The molecule has 1 saturated heterocycles. The summed E-state index contributed by atoms with van der Waals surface area (Å²) in [5, 5.41) is 2.68. The largest absolute Gasteiger partial charge is 0.416 e. The number of carbonyl (C=O) groups is 1. The van der Waals surface area contributed by atoms with Crippen molar-refractivity contribution in [1.29, 1.82) is 0 Å². The number of thioether (sulfide) groups is 2. The third-order valence-corrected chi connectivity index (χ3v) is 6.43. The molecule has 2 aliphatic rings. The van der Waals surface area contributed by atoms with Crippen LogP contribution in [0.3, 0.4) is 0 Å². The summed E-state index contributed by atoms with van der Waals surface area (Å²) in [5.74, 6) is 0.737. The summed E-state index contributed by atoms with van der Waals surface area (Å²) in [5.41, 5.74) is 0.133. The maximum absolute atomic E-state index is 13.1. The minimum Gasteiger partial charge on any atom is -0.370 e. The first-order valence-corrected chi connectivity index (χ1v) is 10.5. The van der Waals surface area contributed by atoms with Crippen molar-refractivity contribution in [3.8, 4) is 0 Å². The highest BCUT2D eigenvalue weighted by Crippen LogP contribution is 2.36. The molecule has 0 aromatic heterocycles. The van der Waals surface area contributed by atoms with Crippen molar-refractivity contribution in [2.45, 2.75) is 25.4 Å². The van der Waals surface area contributed by atoms with Gasteiger partial charge in [-0.15, -0.1) is 0 Å². The van der Waals surface area contributed by atoms with Crippen LogP contribution in [0.5, 0.6) is 0 Å². The third kappa shape index (κ3) is 5.09. The second-order valence-corrected chi connectivity index (χ2v) is 8.42. The quantitative estimate of drug-likeness (QED) is 0.806. The molecule has 1 amide bonds. The van der Waals surface area contributed by atoms with E-state index in [9.17, 15) is 18.0 Å². The van der Waals surface area contributed by atoms with Crippen LogP contribution in [0.25, 0.3) is 0 Å². The fraction of sp³-hybridized carbons (Fsp3) is 0.529. The molecular formula is C17H20F3N3OS2. The van der Waals surface area contributed by atoms with E-state index >= 15 is 0 Å². The molecule has 0 unspecified atom stereocenters. The Kier molecular flexibility index (Phi) is 6.39. The molecule has 26 heavy (non-hydrogen) atoms. The molecule has 1 fully saturated rings. The van der Waals surface area contributed by atoms with E-state index in [0.717, 1.165) is 61.2 Å². The minimum atomic E-state index is -4.44. The van der Waals surface area contributed by atoms with Crippen molar-refractivity contribution in [2.75, 3.05) is 41.4 Å². The Bertz CT molecular complexity index is 688. The van der Waals surface area contributed by atoms with E-state index < -0.39 is 11.7 Å². The van der Waals surface area contributed by atoms with Gasteiger partial charge in [0.15, 0.2) is 0 Å². The predicted molar refractivity (Wildman–Crippen MR) is 103 cm³/mol. The van der Waals surface area contributed by atoms with Crippen LogP contribution in [0.2, 0.25) is 0 Å². The summed E-state index contributed by atoms with van der Waals surface area (Å²) < 4.78 is 40.1. The lowest BCUT2D eigenvalue weighted by molar-refractivity contribution is -0.137. The standard InChI is InChI=1S/C17H20F3N3OS2/c18-17(19,20)12-4-5-14(23-7-2-1-3-8-23)13(10-12)22-15(24)11-26-16-21-6-9-25-16/h4-5,10H,1-3,6-9,11H2,(H,22,24). The van der Waals surface area contributed by atoms with Gasteiger partial charge in [0.05, 0.1) is 29.2 Å². The third-order valence-electron chi connectivity index (χ3n) is 4.18. The Morgan fingerprint density at radius 3 is 2.69 bits per heavy atom. The molecule has 9 heteroatoms. The number of amides is 1. The molecule has 0 radical (unpaired) electrons. The van der Waals surface area contributed by atoms with Crippen LogP contribution >= 0.6 is 23.5 Å². The maximum Gasteiger partial charge on any atom is 0.416 e. The number of alkyl halides is 3. The molecule has 0 spiro atoms. The number of carbonyl (C=O) groups excluding carboxylic acids is 1. The molecule has 2 heterocycles. The summed E-state index contributed by atoms with van der Waals surface area (Å²) in [4.78, 5) is 18.6. The van der Waals surface area contributed by atoms with E-state index in [2.05, 4.69) is 10.3 Å². The van der Waals surface area contributed by atoms with E-state index in [1.54, 1.807) is 11.8 Å². The Morgan fingerprint density at radius 2 is 2.04 bits per heavy atom. The van der Waals surface area contributed by atoms with Crippen molar-refractivity contribution >= 4 is 45.2 Å². The normalized spacial score (nSPS) is 18.0. The monoisotopic (exact) mass is 403 g/mol. The van der Waals surface area contributed by atoms with Crippen LogP contribution < -0.4 is 10.2 Å². The first-order valence-electron chi connectivity index (χ1n) is 8.49. The summed E-state index contributed by atoms with van der Waals surface area (Å²) >= 11 is 2.93. The summed E-state index contributed by atoms with van der Waals surface area (Å²) in [6.07, 6.45) is -1.32. The van der Waals surface area contributed by atoms with E-state index in [4.69, 9.17) is 0 Å². The van der Waals surface area contributed by atoms with Gasteiger partial charge >= 0.3 is 6.18 Å². The number of hydrogen-bond acceptors (Lipinski definition) is 5. The Labute approximate surface area is 159 Å². The zero-order chi connectivity index (χ0) is 18.6. The molecule has 142 valence electrons. The minimum absolute atomic E-state index is 0.140. The van der Waals surface area contributed by atoms with Crippen LogP contribution in [0.1, 0.15) is 24.8 Å². The summed E-state index contributed by atoms with van der Waals surface area (Å²) in [7, 11) is 0. The highest BCUT2D eigenvalue weighted by molar-refractivity contribution is 8.39. The van der Waals surface area contributed by atoms with Crippen molar-refractivity contribution < 1.29 is 18.0 Å². The van der Waals surface area contributed by atoms with Gasteiger partial charge in [0.1, 0.15) is 4.38 Å². The number of anilines is 2. The second kappa shape index (κ2) is 8.56. The molecule has 3 rings (SSSR count). The van der Waals surface area contributed by atoms with Gasteiger partial charge in [0.25, 0.3) is 0 Å². The number of nitrogens with one attached hydrogen (secondary N) is 1. The number of piperidine rings is 1. The molecule has 2 aliphatic heterocycles. The average Bonchev–Trinajstić information content (AvgIpc) is 3.13. The molecule has 0 atom stereocenters. The smallest absolute Gasteiger partial charge is 0.370 e. The van der Waals surface area contributed by atoms with Crippen LogP contribution in [-0.2, 0) is 11.0 Å². The fourth-order valence-corrected chi connectivity index (χ4v) is 4.75. The first kappa shape index (κ1) is 19.4. The highest BCUT2D eigenvalue weighted by atomic mass is 32.2. The van der Waals surface area contributed by atoms with Gasteiger partial charge < -0.3 is 10.2 Å². The van der Waals surface area contributed by atoms with Crippen LogP contribution in [-0.4, -0.2) is 41.4 Å². The van der Waals surface area contributed by atoms with Gasteiger partial charge in [0.2, 0.25) is 5.91 Å². The van der Waals surface area contributed by atoms with E-state index in [1.807, 2.05) is 4.90 Å². The lowest BCUT2D eigenvalue weighted by Crippen LogP contribution is -2.30. The van der Waals surface area contributed by atoms with Gasteiger partial charge in [-0.2, -0.15) is 13.2 Å². The van der Waals surface area contributed by atoms with Gasteiger partial charge in [-0.3, -0.25) is 9.79 Å². The Morgan fingerprint density at radius 1 is 1.27 bits per heavy atom. The predicted octanol–water partition coefficient (Wildman–Crippen LogP) is 4.47. The lowest BCUT2D eigenvalue weighted by Gasteiger charge is -2.31. The average molecular weight is 403 g/mol. The zero-order valence-corrected chi connectivity index (χ0v) is 15.8. The number of hydrogen-bond donors (Lipinski definition) is 1. The van der Waals surface area contributed by atoms with Gasteiger partial charge in [0, 0.05) is 18.8 Å². The molecular weight excluding hydrogens is 383 g/mol. The Balaban J connectivity index is 1.75. The fourth-order valence-electron chi connectivity index (χ4n) is 2.94. The van der Waals surface area contributed by atoms with Crippen molar-refractivity contribution in [1.82, 2.24) is 0 Å². The van der Waals surface area contributed by atoms with Crippen LogP contribution in [0.4, 0.5) is 24.5 Å². The van der Waals surface area contributed by atoms with Crippen LogP contribution in [0.15, 0.2) is 23.2 Å². The highest BCUT2D eigenvalue weighted by Gasteiger charge is 2.32. The van der Waals surface area contributed by atoms with Crippen molar-refractivity contribution in [3.05, 3.63) is 23.8 Å². The first-order chi connectivity index (χ1) is 12.4. The topological polar surface area (TPSA) is 44.7 Å². The molecule has 0 saturated carbocycles. The molecule has 0 aliphatic carbocycles. The number of halogens is 3. The van der Waals surface area contributed by atoms with Gasteiger partial charge in [-0.05, 0) is 37.5 Å². The number of rotatable bonds is 4. The summed E-state index contributed by atoms with van der Waals surface area (Å²) in [6.45, 7) is 2.33. The van der Waals surface area contributed by atoms with Gasteiger partial charge in [-0.1, -0.05) is 23.5 Å². The van der Waals surface area contributed by atoms with Crippen molar-refractivity contribution in [2.24, 2.45) is 4.99 Å². The second-order valence-electron chi connectivity index (χ2n) is 6.11.